The Kier molecular flexibility index (Phi) is 5.76. The van der Waals surface area contributed by atoms with E-state index in [1.54, 1.807) is 0 Å². The monoisotopic (exact) mass is 352 g/mol. The van der Waals surface area contributed by atoms with Gasteiger partial charge in [-0.2, -0.15) is 0 Å². The number of anilines is 2. The summed E-state index contributed by atoms with van der Waals surface area (Å²) < 4.78 is 0. The lowest BCUT2D eigenvalue weighted by atomic mass is 9.97. The molecule has 1 saturated heterocycles. The molecule has 3 rings (SSSR count). The lowest BCUT2D eigenvalue weighted by Gasteiger charge is -2.36. The second-order valence-corrected chi connectivity index (χ2v) is 6.96. The largest absolute Gasteiger partial charge is 0.368 e. The molecule has 0 spiro atoms. The molecule has 0 saturated carbocycles. The van der Waals surface area contributed by atoms with Crippen LogP contribution in [0.4, 0.5) is 16.2 Å². The average molecular weight is 352 g/mol. The van der Waals surface area contributed by atoms with Crippen molar-refractivity contribution in [2.45, 2.75) is 33.1 Å². The molecule has 2 aromatic rings. The fourth-order valence-electron chi connectivity index (χ4n) is 3.43. The number of aromatic nitrogens is 1. The maximum absolute atomic E-state index is 12.7. The predicted octanol–water partition coefficient (Wildman–Crippen LogP) is 4.26. The normalized spacial score (nSPS) is 15.7. The SMILES string of the molecule is CC[C@H](C)c1ccccc1NC(=O)N1CCN(c2ccncc2C)CC1. The van der Waals surface area contributed by atoms with Gasteiger partial charge in [-0.15, -0.1) is 0 Å². The summed E-state index contributed by atoms with van der Waals surface area (Å²) in [6.07, 6.45) is 4.77. The van der Waals surface area contributed by atoms with E-state index < -0.39 is 0 Å². The Morgan fingerprint density at radius 2 is 1.92 bits per heavy atom. The van der Waals surface area contributed by atoms with Crippen LogP contribution < -0.4 is 10.2 Å². The predicted molar refractivity (Wildman–Crippen MR) is 107 cm³/mol. The maximum Gasteiger partial charge on any atom is 0.321 e. The van der Waals surface area contributed by atoms with Gasteiger partial charge in [0.15, 0.2) is 0 Å². The minimum atomic E-state index is -0.00754. The van der Waals surface area contributed by atoms with E-state index in [0.717, 1.165) is 38.3 Å². The quantitative estimate of drug-likeness (QED) is 0.894. The van der Waals surface area contributed by atoms with E-state index in [1.165, 1.54) is 16.8 Å². The number of benzene rings is 1. The van der Waals surface area contributed by atoms with Gasteiger partial charge in [-0.3, -0.25) is 4.98 Å². The third-order valence-corrected chi connectivity index (χ3v) is 5.24. The third kappa shape index (κ3) is 3.98. The lowest BCUT2D eigenvalue weighted by molar-refractivity contribution is 0.208. The number of piperazine rings is 1. The van der Waals surface area contributed by atoms with E-state index in [0.29, 0.717) is 5.92 Å². The number of nitrogens with one attached hydrogen (secondary N) is 1. The van der Waals surface area contributed by atoms with Gasteiger partial charge in [-0.25, -0.2) is 4.79 Å². The Morgan fingerprint density at radius 1 is 1.19 bits per heavy atom. The van der Waals surface area contributed by atoms with Crippen molar-refractivity contribution in [2.75, 3.05) is 36.4 Å². The van der Waals surface area contributed by atoms with Crippen LogP contribution in [-0.4, -0.2) is 42.1 Å². The summed E-state index contributed by atoms with van der Waals surface area (Å²) in [5.74, 6) is 0.429. The Hall–Kier alpha value is -2.56. The molecule has 1 aromatic carbocycles. The van der Waals surface area contributed by atoms with E-state index in [2.05, 4.69) is 42.0 Å². The van der Waals surface area contributed by atoms with Crippen molar-refractivity contribution in [3.05, 3.63) is 53.9 Å². The maximum atomic E-state index is 12.7. The number of aryl methyl sites for hydroxylation is 1. The molecule has 26 heavy (non-hydrogen) atoms. The molecule has 1 aliphatic heterocycles. The van der Waals surface area contributed by atoms with Gasteiger partial charge in [0, 0.05) is 49.9 Å². The first-order valence-electron chi connectivity index (χ1n) is 9.40. The molecule has 138 valence electrons. The van der Waals surface area contributed by atoms with Crippen LogP contribution in [0.5, 0.6) is 0 Å². The number of para-hydroxylation sites is 1. The summed E-state index contributed by atoms with van der Waals surface area (Å²) in [4.78, 5) is 21.1. The van der Waals surface area contributed by atoms with Crippen LogP contribution in [-0.2, 0) is 0 Å². The van der Waals surface area contributed by atoms with Crippen LogP contribution in [0.2, 0.25) is 0 Å². The highest BCUT2D eigenvalue weighted by atomic mass is 16.2. The van der Waals surface area contributed by atoms with Crippen LogP contribution in [0.15, 0.2) is 42.7 Å². The van der Waals surface area contributed by atoms with Crippen LogP contribution in [0.25, 0.3) is 0 Å². The van der Waals surface area contributed by atoms with E-state index in [1.807, 2.05) is 41.6 Å². The standard InChI is InChI=1S/C21H28N4O/c1-4-16(2)18-7-5-6-8-19(18)23-21(26)25-13-11-24(12-14-25)20-9-10-22-15-17(20)3/h5-10,15-16H,4,11-14H2,1-3H3,(H,23,26)/t16-/m0/s1. The molecule has 0 aliphatic carbocycles. The van der Waals surface area contributed by atoms with Crippen LogP contribution >= 0.6 is 0 Å². The molecule has 2 heterocycles. The number of urea groups is 1. The van der Waals surface area contributed by atoms with Crippen molar-refractivity contribution < 1.29 is 4.79 Å². The second kappa shape index (κ2) is 8.21. The molecule has 1 aromatic heterocycles. The van der Waals surface area contributed by atoms with Gasteiger partial charge in [0.25, 0.3) is 0 Å². The number of pyridine rings is 1. The first kappa shape index (κ1) is 18.2. The Morgan fingerprint density at radius 3 is 2.62 bits per heavy atom. The molecule has 0 bridgehead atoms. The highest BCUT2D eigenvalue weighted by molar-refractivity contribution is 5.90. The molecular weight excluding hydrogens is 324 g/mol. The summed E-state index contributed by atoms with van der Waals surface area (Å²) >= 11 is 0. The van der Waals surface area contributed by atoms with Gasteiger partial charge in [0.05, 0.1) is 0 Å². The van der Waals surface area contributed by atoms with Gasteiger partial charge in [0.2, 0.25) is 0 Å². The first-order valence-corrected chi connectivity index (χ1v) is 9.40. The molecule has 0 unspecified atom stereocenters. The van der Waals surface area contributed by atoms with Gasteiger partial charge in [-0.05, 0) is 42.5 Å². The zero-order valence-electron chi connectivity index (χ0n) is 15.9. The molecule has 1 N–H and O–H groups in total. The number of rotatable bonds is 4. The zero-order chi connectivity index (χ0) is 18.5. The summed E-state index contributed by atoms with van der Waals surface area (Å²) in [6.45, 7) is 9.56. The van der Waals surface area contributed by atoms with Crippen molar-refractivity contribution in [3.63, 3.8) is 0 Å². The molecule has 1 aliphatic rings. The minimum absolute atomic E-state index is 0.00754. The van der Waals surface area contributed by atoms with E-state index >= 15 is 0 Å². The zero-order valence-corrected chi connectivity index (χ0v) is 15.9. The van der Waals surface area contributed by atoms with E-state index in [-0.39, 0.29) is 6.03 Å². The second-order valence-electron chi connectivity index (χ2n) is 6.96. The van der Waals surface area contributed by atoms with Gasteiger partial charge in [-0.1, -0.05) is 32.0 Å². The Balaban J connectivity index is 1.62. The minimum Gasteiger partial charge on any atom is -0.368 e. The fourth-order valence-corrected chi connectivity index (χ4v) is 3.43. The molecular formula is C21H28N4O. The highest BCUT2D eigenvalue weighted by Crippen LogP contribution is 2.27. The fraction of sp³-hybridized carbons (Fsp3) is 0.429. The van der Waals surface area contributed by atoms with Gasteiger partial charge >= 0.3 is 6.03 Å². The van der Waals surface area contributed by atoms with Crippen molar-refractivity contribution >= 4 is 17.4 Å². The van der Waals surface area contributed by atoms with Crippen molar-refractivity contribution in [2.24, 2.45) is 0 Å². The molecule has 5 nitrogen and oxygen atoms in total. The van der Waals surface area contributed by atoms with Gasteiger partial charge in [0.1, 0.15) is 0 Å². The summed E-state index contributed by atoms with van der Waals surface area (Å²) in [5.41, 5.74) is 4.52. The first-order chi connectivity index (χ1) is 12.6. The summed E-state index contributed by atoms with van der Waals surface area (Å²) in [5, 5.41) is 3.12. The van der Waals surface area contributed by atoms with Crippen LogP contribution in [0.3, 0.4) is 0 Å². The number of nitrogens with zero attached hydrogens (tertiary/aromatic N) is 3. The molecule has 1 atom stereocenters. The number of hydrogen-bond donors (Lipinski definition) is 1. The Labute approximate surface area is 156 Å². The lowest BCUT2D eigenvalue weighted by Crippen LogP contribution is -2.50. The summed E-state index contributed by atoms with van der Waals surface area (Å²) in [6, 6.07) is 10.2. The molecule has 2 amide bonds. The number of carbonyl (C=O) groups excluding carboxylic acids is 1. The highest BCUT2D eigenvalue weighted by Gasteiger charge is 2.23. The smallest absolute Gasteiger partial charge is 0.321 e. The third-order valence-electron chi connectivity index (χ3n) is 5.24. The van der Waals surface area contributed by atoms with Gasteiger partial charge < -0.3 is 15.1 Å². The molecule has 0 radical (unpaired) electrons. The number of hydrogen-bond acceptors (Lipinski definition) is 3. The van der Waals surface area contributed by atoms with E-state index in [4.69, 9.17) is 0 Å². The molecule has 1 fully saturated rings. The van der Waals surface area contributed by atoms with Crippen LogP contribution in [0.1, 0.15) is 37.3 Å². The number of carbonyl (C=O) groups is 1. The molecule has 5 heteroatoms. The average Bonchev–Trinajstić information content (AvgIpc) is 2.68. The van der Waals surface area contributed by atoms with E-state index in [9.17, 15) is 4.79 Å². The summed E-state index contributed by atoms with van der Waals surface area (Å²) in [7, 11) is 0. The number of amides is 2. The topological polar surface area (TPSA) is 48.5 Å². The van der Waals surface area contributed by atoms with Crippen molar-refractivity contribution in [3.8, 4) is 0 Å². The van der Waals surface area contributed by atoms with Crippen molar-refractivity contribution in [1.29, 1.82) is 0 Å². The van der Waals surface area contributed by atoms with Crippen molar-refractivity contribution in [1.82, 2.24) is 9.88 Å². The van der Waals surface area contributed by atoms with Crippen LogP contribution in [0, 0.1) is 6.92 Å². The Bertz CT molecular complexity index is 753.